The Morgan fingerprint density at radius 1 is 1.50 bits per heavy atom. The molecule has 0 aliphatic heterocycles. The third-order valence-electron chi connectivity index (χ3n) is 2.57. The van der Waals surface area contributed by atoms with Crippen LogP contribution >= 0.6 is 15.9 Å². The van der Waals surface area contributed by atoms with E-state index in [4.69, 9.17) is 5.53 Å². The van der Waals surface area contributed by atoms with Crippen LogP contribution in [0, 0.1) is 6.92 Å². The van der Waals surface area contributed by atoms with Gasteiger partial charge >= 0.3 is 0 Å². The van der Waals surface area contributed by atoms with Crippen molar-refractivity contribution in [3.63, 3.8) is 0 Å². The summed E-state index contributed by atoms with van der Waals surface area (Å²) in [6, 6.07) is 4.56. The Morgan fingerprint density at radius 3 is 2.89 bits per heavy atom. The molecule has 0 radical (unpaired) electrons. The highest BCUT2D eigenvalue weighted by molar-refractivity contribution is 9.10. The van der Waals surface area contributed by atoms with E-state index in [9.17, 15) is 9.59 Å². The van der Waals surface area contributed by atoms with E-state index in [2.05, 4.69) is 30.9 Å². The number of hydrogen-bond acceptors (Lipinski definition) is 2. The lowest BCUT2D eigenvalue weighted by molar-refractivity contribution is 0.0996. The zero-order chi connectivity index (χ0) is 13.3. The van der Waals surface area contributed by atoms with Crippen LogP contribution in [0.15, 0.2) is 32.6 Å². The van der Waals surface area contributed by atoms with E-state index in [-0.39, 0.29) is 11.1 Å². The van der Waals surface area contributed by atoms with E-state index in [1.165, 1.54) is 0 Å². The molecule has 2 aromatic rings. The molecule has 6 nitrogen and oxygen atoms in total. The molecule has 0 bridgehead atoms. The van der Waals surface area contributed by atoms with E-state index in [0.29, 0.717) is 10.9 Å². The van der Waals surface area contributed by atoms with Crippen LogP contribution in [0.25, 0.3) is 21.3 Å². The van der Waals surface area contributed by atoms with Crippen molar-refractivity contribution in [1.29, 1.82) is 0 Å². The number of aromatic nitrogens is 1. The molecule has 0 atom stereocenters. The molecule has 0 fully saturated rings. The van der Waals surface area contributed by atoms with Gasteiger partial charge in [-0.05, 0) is 35.3 Å². The molecule has 2 rings (SSSR count). The zero-order valence-corrected chi connectivity index (χ0v) is 10.9. The predicted octanol–water partition coefficient (Wildman–Crippen LogP) is 3.05. The summed E-state index contributed by atoms with van der Waals surface area (Å²) in [5.41, 5.74) is 9.26. The van der Waals surface area contributed by atoms with Crippen LogP contribution in [-0.2, 0) is 0 Å². The van der Waals surface area contributed by atoms with Gasteiger partial charge in [-0.25, -0.2) is 0 Å². The second-order valence-corrected chi connectivity index (χ2v) is 4.49. The lowest BCUT2D eigenvalue weighted by Gasteiger charge is -2.05. The summed E-state index contributed by atoms with van der Waals surface area (Å²) in [5, 5.41) is 3.43. The lowest BCUT2D eigenvalue weighted by Crippen LogP contribution is -2.09. The van der Waals surface area contributed by atoms with E-state index in [1.807, 2.05) is 6.92 Å². The highest BCUT2D eigenvalue weighted by atomic mass is 79.9. The van der Waals surface area contributed by atoms with Gasteiger partial charge in [0.1, 0.15) is 0 Å². The minimum atomic E-state index is -0.809. The number of H-pyrrole nitrogens is 1. The van der Waals surface area contributed by atoms with E-state index >= 15 is 0 Å². The number of fused-ring (bicyclic) bond motifs is 1. The highest BCUT2D eigenvalue weighted by Gasteiger charge is 2.10. The number of pyridine rings is 1. The maximum absolute atomic E-state index is 11.8. The summed E-state index contributed by atoms with van der Waals surface area (Å²) >= 11 is 3.34. The molecule has 1 amide bonds. The number of hydrogen-bond donors (Lipinski definition) is 1. The maximum Gasteiger partial charge on any atom is 0.265 e. The van der Waals surface area contributed by atoms with Crippen molar-refractivity contribution in [1.82, 2.24) is 4.98 Å². The Bertz CT molecular complexity index is 759. The summed E-state index contributed by atoms with van der Waals surface area (Å²) < 4.78 is 0.819. The Hall–Kier alpha value is -2.11. The van der Waals surface area contributed by atoms with Crippen LogP contribution in [0.4, 0.5) is 0 Å². The molecule has 90 valence electrons. The van der Waals surface area contributed by atoms with Crippen molar-refractivity contribution < 1.29 is 4.79 Å². The molecule has 18 heavy (non-hydrogen) atoms. The predicted molar refractivity (Wildman–Crippen MR) is 70.5 cm³/mol. The summed E-state index contributed by atoms with van der Waals surface area (Å²) in [5.74, 6) is -0.809. The highest BCUT2D eigenvalue weighted by Crippen LogP contribution is 2.22. The lowest BCUT2D eigenvalue weighted by atomic mass is 10.1. The fraction of sp³-hybridized carbons (Fsp3) is 0.0909. The number of azide groups is 1. The number of nitrogens with one attached hydrogen (secondary N) is 1. The molecule has 1 heterocycles. The van der Waals surface area contributed by atoms with Crippen LogP contribution in [0.5, 0.6) is 0 Å². The van der Waals surface area contributed by atoms with Gasteiger partial charge in [0.2, 0.25) is 0 Å². The van der Waals surface area contributed by atoms with Gasteiger partial charge in [0, 0.05) is 20.8 Å². The fourth-order valence-corrected chi connectivity index (χ4v) is 1.97. The third-order valence-corrected chi connectivity index (χ3v) is 3.42. The molecular weight excluding hydrogens is 300 g/mol. The molecule has 0 aliphatic carbocycles. The number of amides is 1. The number of benzene rings is 1. The maximum atomic E-state index is 11.8. The van der Waals surface area contributed by atoms with E-state index < -0.39 is 5.91 Å². The first kappa shape index (κ1) is 12.3. The topological polar surface area (TPSA) is 98.7 Å². The van der Waals surface area contributed by atoms with Crippen molar-refractivity contribution in [2.45, 2.75) is 6.92 Å². The molecule has 7 heteroatoms. The van der Waals surface area contributed by atoms with Gasteiger partial charge in [-0.1, -0.05) is 15.9 Å². The number of aryl methyl sites for hydroxylation is 1. The van der Waals surface area contributed by atoms with Crippen molar-refractivity contribution in [3.05, 3.63) is 54.6 Å². The SMILES string of the molecule is Cc1c(Br)ccc2c(=O)cc(C(=O)N=[N+]=[N-])[nH]c12. The Balaban J connectivity index is 2.83. The number of nitrogens with zero attached hydrogens (tertiary/aromatic N) is 3. The molecule has 1 N–H and O–H groups in total. The number of rotatable bonds is 1. The van der Waals surface area contributed by atoms with Crippen LogP contribution in [0.3, 0.4) is 0 Å². The molecule has 0 saturated heterocycles. The van der Waals surface area contributed by atoms with Crippen LogP contribution < -0.4 is 5.43 Å². The molecule has 0 unspecified atom stereocenters. The Labute approximate surface area is 109 Å². The quantitative estimate of drug-likeness (QED) is 0.497. The van der Waals surface area contributed by atoms with Gasteiger partial charge in [-0.3, -0.25) is 9.59 Å². The van der Waals surface area contributed by atoms with Crippen molar-refractivity contribution in [3.8, 4) is 0 Å². The molecule has 0 saturated carbocycles. The largest absolute Gasteiger partial charge is 0.351 e. The second kappa shape index (κ2) is 4.64. The number of halogens is 1. The molecule has 0 aliphatic rings. The first-order chi connectivity index (χ1) is 8.54. The molecule has 1 aromatic carbocycles. The summed E-state index contributed by atoms with van der Waals surface area (Å²) in [6.45, 7) is 1.81. The van der Waals surface area contributed by atoms with Gasteiger partial charge in [-0.2, -0.15) is 0 Å². The minimum Gasteiger partial charge on any atom is -0.351 e. The normalized spacial score (nSPS) is 10.1. The fourth-order valence-electron chi connectivity index (χ4n) is 1.64. The zero-order valence-electron chi connectivity index (χ0n) is 9.27. The summed E-state index contributed by atoms with van der Waals surface area (Å²) in [6.07, 6.45) is 0. The number of carbonyl (C=O) groups is 1. The third kappa shape index (κ3) is 2.01. The monoisotopic (exact) mass is 306 g/mol. The van der Waals surface area contributed by atoms with E-state index in [1.54, 1.807) is 12.1 Å². The molecule has 1 aromatic heterocycles. The van der Waals surface area contributed by atoms with Gasteiger partial charge in [0.25, 0.3) is 5.91 Å². The van der Waals surface area contributed by atoms with Crippen molar-refractivity contribution >= 4 is 32.7 Å². The van der Waals surface area contributed by atoms with Crippen molar-refractivity contribution in [2.24, 2.45) is 5.11 Å². The van der Waals surface area contributed by atoms with Crippen molar-refractivity contribution in [2.75, 3.05) is 0 Å². The van der Waals surface area contributed by atoms with Crippen LogP contribution in [-0.4, -0.2) is 10.9 Å². The van der Waals surface area contributed by atoms with Gasteiger partial charge in [0.05, 0.1) is 11.2 Å². The summed E-state index contributed by atoms with van der Waals surface area (Å²) in [4.78, 5) is 28.5. The van der Waals surface area contributed by atoms with Gasteiger partial charge < -0.3 is 4.98 Å². The summed E-state index contributed by atoms with van der Waals surface area (Å²) in [7, 11) is 0. The Morgan fingerprint density at radius 2 is 2.22 bits per heavy atom. The van der Waals surface area contributed by atoms with Gasteiger partial charge in [0.15, 0.2) is 5.43 Å². The minimum absolute atomic E-state index is 0.0218. The number of aromatic amines is 1. The average molecular weight is 307 g/mol. The van der Waals surface area contributed by atoms with Crippen LogP contribution in [0.1, 0.15) is 16.1 Å². The second-order valence-electron chi connectivity index (χ2n) is 3.64. The molecule has 0 spiro atoms. The Kier molecular flexibility index (Phi) is 3.18. The van der Waals surface area contributed by atoms with Gasteiger partial charge in [-0.15, -0.1) is 0 Å². The average Bonchev–Trinajstić information content (AvgIpc) is 2.34. The van der Waals surface area contributed by atoms with Crippen LogP contribution in [0.2, 0.25) is 0 Å². The van der Waals surface area contributed by atoms with E-state index in [0.717, 1.165) is 16.1 Å². The first-order valence-electron chi connectivity index (χ1n) is 4.96. The number of carbonyl (C=O) groups excluding carboxylic acids is 1. The smallest absolute Gasteiger partial charge is 0.265 e. The first-order valence-corrected chi connectivity index (χ1v) is 5.75. The molecular formula is C11H7BrN4O2. The standard InChI is InChI=1S/C11H7BrN4O2/c1-5-7(12)3-2-6-9(17)4-8(14-10(5)6)11(18)15-16-13/h2-4H,1H3,(H,14,17).